The third kappa shape index (κ3) is 1.86. The Hall–Kier alpha value is -2.82. The molecule has 1 N–H and O–H groups in total. The van der Waals surface area contributed by atoms with Gasteiger partial charge in [0.05, 0.1) is 11.6 Å². The van der Waals surface area contributed by atoms with Crippen LogP contribution in [0.4, 0.5) is 0 Å². The van der Waals surface area contributed by atoms with Crippen LogP contribution in [-0.4, -0.2) is 15.8 Å². The number of oxazole rings is 1. The number of nitrogens with one attached hydrogen (secondary N) is 1. The van der Waals surface area contributed by atoms with Crippen molar-refractivity contribution < 1.29 is 9.21 Å². The van der Waals surface area contributed by atoms with Gasteiger partial charge in [0, 0.05) is 12.1 Å². The molecule has 2 heterocycles. The van der Waals surface area contributed by atoms with Crippen LogP contribution in [0.25, 0.3) is 11.1 Å². The Morgan fingerprint density at radius 3 is 2.82 bits per heavy atom. The van der Waals surface area contributed by atoms with Crippen molar-refractivity contribution in [2.45, 2.75) is 19.5 Å². The van der Waals surface area contributed by atoms with Crippen molar-refractivity contribution in [3.63, 3.8) is 0 Å². The van der Waals surface area contributed by atoms with Crippen LogP contribution in [0.2, 0.25) is 0 Å². The molecule has 1 amide bonds. The second-order valence-corrected chi connectivity index (χ2v) is 5.54. The van der Waals surface area contributed by atoms with Gasteiger partial charge in [-0.3, -0.25) is 9.78 Å². The number of H-pyrrole nitrogens is 1. The van der Waals surface area contributed by atoms with E-state index in [0.717, 1.165) is 16.7 Å². The lowest BCUT2D eigenvalue weighted by Gasteiger charge is -2.22. The first-order valence-electron chi connectivity index (χ1n) is 7.15. The SMILES string of the molecule is C[C@H]1c2ccccc2C(=O)N1Cc1ccc2[nH]c(=O)oc2c1. The van der Waals surface area contributed by atoms with Crippen LogP contribution >= 0.6 is 0 Å². The third-order valence-electron chi connectivity index (χ3n) is 4.21. The summed E-state index contributed by atoms with van der Waals surface area (Å²) in [6.07, 6.45) is 0. The number of hydrogen-bond donors (Lipinski definition) is 1. The molecular weight excluding hydrogens is 280 g/mol. The number of rotatable bonds is 2. The van der Waals surface area contributed by atoms with E-state index in [4.69, 9.17) is 4.42 Å². The summed E-state index contributed by atoms with van der Waals surface area (Å²) in [6.45, 7) is 2.51. The summed E-state index contributed by atoms with van der Waals surface area (Å²) in [5.74, 6) is -0.427. The van der Waals surface area contributed by atoms with Gasteiger partial charge in [0.1, 0.15) is 0 Å². The smallest absolute Gasteiger partial charge is 0.408 e. The predicted molar refractivity (Wildman–Crippen MR) is 81.6 cm³/mol. The van der Waals surface area contributed by atoms with Crippen LogP contribution in [0.5, 0.6) is 0 Å². The number of hydrogen-bond acceptors (Lipinski definition) is 3. The zero-order chi connectivity index (χ0) is 15.3. The van der Waals surface area contributed by atoms with Gasteiger partial charge in [-0.2, -0.15) is 0 Å². The Morgan fingerprint density at radius 2 is 2.00 bits per heavy atom. The molecule has 1 aliphatic heterocycles. The van der Waals surface area contributed by atoms with Crippen molar-refractivity contribution >= 4 is 17.0 Å². The van der Waals surface area contributed by atoms with Gasteiger partial charge in [0.15, 0.2) is 5.58 Å². The molecule has 0 radical (unpaired) electrons. The molecule has 0 unspecified atom stereocenters. The maximum atomic E-state index is 12.5. The lowest BCUT2D eigenvalue weighted by Crippen LogP contribution is -2.26. The second-order valence-electron chi connectivity index (χ2n) is 5.54. The number of carbonyl (C=O) groups is 1. The molecule has 22 heavy (non-hydrogen) atoms. The van der Waals surface area contributed by atoms with E-state index >= 15 is 0 Å². The van der Waals surface area contributed by atoms with Gasteiger partial charge < -0.3 is 9.32 Å². The molecule has 0 aliphatic carbocycles. The van der Waals surface area contributed by atoms with Crippen LogP contribution in [0, 0.1) is 0 Å². The molecule has 5 nitrogen and oxygen atoms in total. The number of aromatic amines is 1. The van der Waals surface area contributed by atoms with Crippen LogP contribution in [-0.2, 0) is 6.54 Å². The number of aromatic nitrogens is 1. The first kappa shape index (κ1) is 12.9. The lowest BCUT2D eigenvalue weighted by atomic mass is 10.1. The van der Waals surface area contributed by atoms with Crippen molar-refractivity contribution in [3.05, 3.63) is 69.7 Å². The summed E-state index contributed by atoms with van der Waals surface area (Å²) >= 11 is 0. The van der Waals surface area contributed by atoms with Crippen molar-refractivity contribution in [2.75, 3.05) is 0 Å². The zero-order valence-corrected chi connectivity index (χ0v) is 12.0. The minimum atomic E-state index is -0.467. The van der Waals surface area contributed by atoms with E-state index in [0.29, 0.717) is 17.6 Å². The average Bonchev–Trinajstić information content (AvgIpc) is 3.00. The molecule has 4 rings (SSSR count). The quantitative estimate of drug-likeness (QED) is 0.790. The van der Waals surface area contributed by atoms with Crippen LogP contribution in [0.1, 0.15) is 34.5 Å². The Morgan fingerprint density at radius 1 is 1.18 bits per heavy atom. The molecule has 3 aromatic rings. The van der Waals surface area contributed by atoms with Gasteiger partial charge in [-0.1, -0.05) is 24.3 Å². The third-order valence-corrected chi connectivity index (χ3v) is 4.21. The summed E-state index contributed by atoms with van der Waals surface area (Å²) in [5.41, 5.74) is 3.94. The van der Waals surface area contributed by atoms with E-state index < -0.39 is 5.76 Å². The van der Waals surface area contributed by atoms with E-state index in [-0.39, 0.29) is 11.9 Å². The molecule has 2 aromatic carbocycles. The van der Waals surface area contributed by atoms with Gasteiger partial charge in [0.25, 0.3) is 5.91 Å². The van der Waals surface area contributed by atoms with E-state index in [1.54, 1.807) is 12.1 Å². The second kappa shape index (κ2) is 4.59. The molecule has 0 spiro atoms. The van der Waals surface area contributed by atoms with Crippen molar-refractivity contribution in [2.24, 2.45) is 0 Å². The fourth-order valence-electron chi connectivity index (χ4n) is 3.05. The molecule has 110 valence electrons. The molecule has 0 fully saturated rings. The molecule has 1 aliphatic rings. The summed E-state index contributed by atoms with van der Waals surface area (Å²) in [5, 5.41) is 0. The highest BCUT2D eigenvalue weighted by molar-refractivity contribution is 5.99. The summed E-state index contributed by atoms with van der Waals surface area (Å²) < 4.78 is 5.07. The topological polar surface area (TPSA) is 66.3 Å². The highest BCUT2D eigenvalue weighted by atomic mass is 16.4. The lowest BCUT2D eigenvalue weighted by molar-refractivity contribution is 0.0723. The van der Waals surface area contributed by atoms with E-state index in [1.807, 2.05) is 42.2 Å². The Bertz CT molecular complexity index is 938. The molecular formula is C17H14N2O3. The first-order valence-corrected chi connectivity index (χ1v) is 7.15. The average molecular weight is 294 g/mol. The van der Waals surface area contributed by atoms with Gasteiger partial charge in [-0.15, -0.1) is 0 Å². The molecule has 1 atom stereocenters. The molecule has 0 saturated heterocycles. The minimum absolute atomic E-state index is 0.0395. The van der Waals surface area contributed by atoms with E-state index in [9.17, 15) is 9.59 Å². The maximum absolute atomic E-state index is 12.5. The zero-order valence-electron chi connectivity index (χ0n) is 12.0. The summed E-state index contributed by atoms with van der Waals surface area (Å²) in [4.78, 5) is 28.2. The fraction of sp³-hybridized carbons (Fsp3) is 0.176. The number of fused-ring (bicyclic) bond motifs is 2. The first-order chi connectivity index (χ1) is 10.6. The van der Waals surface area contributed by atoms with Crippen LogP contribution < -0.4 is 5.76 Å². The Kier molecular flexibility index (Phi) is 2.69. The Labute approximate surface area is 126 Å². The highest BCUT2D eigenvalue weighted by Crippen LogP contribution is 2.34. The Balaban J connectivity index is 1.68. The van der Waals surface area contributed by atoms with Gasteiger partial charge in [-0.05, 0) is 36.2 Å². The molecule has 0 saturated carbocycles. The summed E-state index contributed by atoms with van der Waals surface area (Å²) in [6, 6.07) is 13.2. The largest absolute Gasteiger partial charge is 0.417 e. The number of benzene rings is 2. The summed E-state index contributed by atoms with van der Waals surface area (Å²) in [7, 11) is 0. The van der Waals surface area contributed by atoms with Gasteiger partial charge >= 0.3 is 5.76 Å². The number of carbonyl (C=O) groups excluding carboxylic acids is 1. The number of amides is 1. The standard InChI is InChI=1S/C17H14N2O3/c1-10-12-4-2-3-5-13(12)16(20)19(10)9-11-6-7-14-15(8-11)22-17(21)18-14/h2-8,10H,9H2,1H3,(H,18,21)/t10-/m0/s1. The molecule has 1 aromatic heterocycles. The fourth-order valence-corrected chi connectivity index (χ4v) is 3.05. The van der Waals surface area contributed by atoms with Crippen molar-refractivity contribution in [1.29, 1.82) is 0 Å². The monoisotopic (exact) mass is 294 g/mol. The van der Waals surface area contributed by atoms with E-state index in [2.05, 4.69) is 4.98 Å². The van der Waals surface area contributed by atoms with Crippen molar-refractivity contribution in [1.82, 2.24) is 9.88 Å². The van der Waals surface area contributed by atoms with Crippen LogP contribution in [0.3, 0.4) is 0 Å². The predicted octanol–water partition coefficient (Wildman–Crippen LogP) is 2.84. The highest BCUT2D eigenvalue weighted by Gasteiger charge is 2.33. The van der Waals surface area contributed by atoms with E-state index in [1.165, 1.54) is 0 Å². The normalized spacial score (nSPS) is 17.2. The molecule has 5 heteroatoms. The molecule has 0 bridgehead atoms. The van der Waals surface area contributed by atoms with Gasteiger partial charge in [0.2, 0.25) is 0 Å². The van der Waals surface area contributed by atoms with Gasteiger partial charge in [-0.25, -0.2) is 4.79 Å². The number of nitrogens with zero attached hydrogens (tertiary/aromatic N) is 1. The van der Waals surface area contributed by atoms with Crippen molar-refractivity contribution in [3.8, 4) is 0 Å². The maximum Gasteiger partial charge on any atom is 0.417 e. The minimum Gasteiger partial charge on any atom is -0.408 e. The van der Waals surface area contributed by atoms with Crippen LogP contribution in [0.15, 0.2) is 51.7 Å².